The summed E-state index contributed by atoms with van der Waals surface area (Å²) in [6.07, 6.45) is 0.674. The molecule has 0 unspecified atom stereocenters. The summed E-state index contributed by atoms with van der Waals surface area (Å²) < 4.78 is 0. The van der Waals surface area contributed by atoms with Gasteiger partial charge in [0, 0.05) is 11.3 Å². The van der Waals surface area contributed by atoms with Gasteiger partial charge in [-0.25, -0.2) is 0 Å². The van der Waals surface area contributed by atoms with Crippen molar-refractivity contribution in [3.05, 3.63) is 29.8 Å². The van der Waals surface area contributed by atoms with Crippen LogP contribution in [0.1, 0.15) is 23.7 Å². The van der Waals surface area contributed by atoms with Gasteiger partial charge in [0.2, 0.25) is 0 Å². The molecule has 1 aliphatic heterocycles. The Bertz CT molecular complexity index is 411. The first-order chi connectivity index (χ1) is 7.54. The van der Waals surface area contributed by atoms with Crippen LogP contribution in [0.25, 0.3) is 0 Å². The van der Waals surface area contributed by atoms with Crippen molar-refractivity contribution in [3.8, 4) is 0 Å². The fraction of sp³-hybridized carbons (Fsp3) is 0.417. The number of anilines is 1. The molecule has 0 aliphatic carbocycles. The van der Waals surface area contributed by atoms with E-state index in [1.54, 1.807) is 29.2 Å². The molecule has 16 heavy (non-hydrogen) atoms. The first kappa shape index (κ1) is 11.0. The van der Waals surface area contributed by atoms with Crippen LogP contribution in [0.2, 0.25) is 0 Å². The third-order valence-electron chi connectivity index (χ3n) is 3.05. The largest absolute Gasteiger partial charge is 0.399 e. The fourth-order valence-electron chi connectivity index (χ4n) is 1.89. The maximum atomic E-state index is 11.9. The van der Waals surface area contributed by atoms with E-state index in [2.05, 4.69) is 0 Å². The second kappa shape index (κ2) is 3.79. The van der Waals surface area contributed by atoms with E-state index in [1.165, 1.54) is 0 Å². The third-order valence-corrected chi connectivity index (χ3v) is 3.05. The number of hydrogen-bond acceptors (Lipinski definition) is 3. The van der Waals surface area contributed by atoms with E-state index in [4.69, 9.17) is 5.73 Å². The van der Waals surface area contributed by atoms with Gasteiger partial charge in [0.05, 0.1) is 18.7 Å². The lowest BCUT2D eigenvalue weighted by atomic mass is 9.90. The molecule has 3 N–H and O–H groups in total. The number of nitrogen functional groups attached to an aromatic ring is 1. The van der Waals surface area contributed by atoms with E-state index in [-0.39, 0.29) is 5.91 Å². The van der Waals surface area contributed by atoms with Crippen LogP contribution < -0.4 is 5.73 Å². The summed E-state index contributed by atoms with van der Waals surface area (Å²) in [5, 5.41) is 9.82. The van der Waals surface area contributed by atoms with E-state index in [0.717, 1.165) is 0 Å². The van der Waals surface area contributed by atoms with E-state index in [0.29, 0.717) is 30.8 Å². The van der Waals surface area contributed by atoms with E-state index < -0.39 is 5.60 Å². The molecule has 1 aromatic carbocycles. The third kappa shape index (κ3) is 1.88. The molecule has 1 aliphatic rings. The lowest BCUT2D eigenvalue weighted by molar-refractivity contribution is -0.0826. The van der Waals surface area contributed by atoms with Crippen LogP contribution in [-0.4, -0.2) is 34.6 Å². The number of nitrogens with zero attached hydrogens (tertiary/aromatic N) is 1. The van der Waals surface area contributed by atoms with Crippen molar-refractivity contribution in [2.75, 3.05) is 18.8 Å². The minimum atomic E-state index is -0.685. The van der Waals surface area contributed by atoms with Crippen molar-refractivity contribution < 1.29 is 9.90 Å². The lowest BCUT2D eigenvalue weighted by Gasteiger charge is -2.46. The Kier molecular flexibility index (Phi) is 2.59. The molecule has 1 heterocycles. The van der Waals surface area contributed by atoms with Crippen molar-refractivity contribution in [2.24, 2.45) is 0 Å². The summed E-state index contributed by atoms with van der Waals surface area (Å²) in [6, 6.07) is 6.90. The maximum Gasteiger partial charge on any atom is 0.254 e. The number of β-amino-alcohol motifs (C(OH)–C–C–N with tert-alkyl or cyclic N) is 1. The SMILES string of the molecule is CCC1(O)CN(C(=O)c2cccc(N)c2)C1. The van der Waals surface area contributed by atoms with Crippen molar-refractivity contribution >= 4 is 11.6 Å². The van der Waals surface area contributed by atoms with E-state index in [1.807, 2.05) is 6.92 Å². The molecule has 4 heteroatoms. The second-order valence-corrected chi connectivity index (χ2v) is 4.36. The first-order valence-electron chi connectivity index (χ1n) is 5.41. The second-order valence-electron chi connectivity index (χ2n) is 4.36. The molecule has 0 spiro atoms. The molecule has 4 nitrogen and oxygen atoms in total. The van der Waals surface area contributed by atoms with Crippen LogP contribution in [-0.2, 0) is 0 Å². The lowest BCUT2D eigenvalue weighted by Crippen LogP contribution is -2.63. The average molecular weight is 220 g/mol. The summed E-state index contributed by atoms with van der Waals surface area (Å²) in [5.41, 5.74) is 6.09. The first-order valence-corrected chi connectivity index (χ1v) is 5.41. The van der Waals surface area contributed by atoms with Gasteiger partial charge in [-0.2, -0.15) is 0 Å². The molecular weight excluding hydrogens is 204 g/mol. The van der Waals surface area contributed by atoms with Crippen LogP contribution in [0.15, 0.2) is 24.3 Å². The molecule has 0 saturated carbocycles. The summed E-state index contributed by atoms with van der Waals surface area (Å²) in [7, 11) is 0. The molecular formula is C12H16N2O2. The van der Waals surface area contributed by atoms with Crippen LogP contribution in [0.3, 0.4) is 0 Å². The number of amides is 1. The van der Waals surface area contributed by atoms with Crippen LogP contribution in [0, 0.1) is 0 Å². The zero-order valence-electron chi connectivity index (χ0n) is 9.31. The zero-order valence-corrected chi connectivity index (χ0v) is 9.31. The summed E-state index contributed by atoms with van der Waals surface area (Å²) >= 11 is 0. The average Bonchev–Trinajstić information content (AvgIpc) is 2.24. The van der Waals surface area contributed by atoms with Gasteiger partial charge in [0.15, 0.2) is 0 Å². The molecule has 0 aromatic heterocycles. The number of hydrogen-bond donors (Lipinski definition) is 2. The Labute approximate surface area is 94.7 Å². The van der Waals surface area contributed by atoms with Crippen molar-refractivity contribution in [2.45, 2.75) is 18.9 Å². The Morgan fingerprint density at radius 1 is 1.56 bits per heavy atom. The normalized spacial score (nSPS) is 18.0. The van der Waals surface area contributed by atoms with Gasteiger partial charge in [0.25, 0.3) is 5.91 Å². The van der Waals surface area contributed by atoms with Gasteiger partial charge in [-0.05, 0) is 24.6 Å². The molecule has 0 bridgehead atoms. The monoisotopic (exact) mass is 220 g/mol. The highest BCUT2D eigenvalue weighted by Gasteiger charge is 2.42. The topological polar surface area (TPSA) is 66.6 Å². The summed E-state index contributed by atoms with van der Waals surface area (Å²) in [6.45, 7) is 2.75. The number of benzene rings is 1. The predicted octanol–water partition coefficient (Wildman–Crippen LogP) is 0.866. The highest BCUT2D eigenvalue weighted by molar-refractivity contribution is 5.95. The summed E-state index contributed by atoms with van der Waals surface area (Å²) in [5.74, 6) is -0.0644. The number of carbonyl (C=O) groups excluding carboxylic acids is 1. The highest BCUT2D eigenvalue weighted by Crippen LogP contribution is 2.25. The molecule has 0 radical (unpaired) electrons. The standard InChI is InChI=1S/C12H16N2O2/c1-2-12(16)7-14(8-12)11(15)9-4-3-5-10(13)6-9/h3-6,16H,2,7-8,13H2,1H3. The van der Waals surface area contributed by atoms with Gasteiger partial charge >= 0.3 is 0 Å². The van der Waals surface area contributed by atoms with E-state index in [9.17, 15) is 9.90 Å². The van der Waals surface area contributed by atoms with Gasteiger partial charge in [-0.1, -0.05) is 13.0 Å². The van der Waals surface area contributed by atoms with Gasteiger partial charge < -0.3 is 15.7 Å². The molecule has 1 aromatic rings. The smallest absolute Gasteiger partial charge is 0.254 e. The maximum absolute atomic E-state index is 11.9. The van der Waals surface area contributed by atoms with Crippen molar-refractivity contribution in [1.29, 1.82) is 0 Å². The molecule has 0 atom stereocenters. The zero-order chi connectivity index (χ0) is 11.8. The number of aliphatic hydroxyl groups is 1. The molecule has 1 saturated heterocycles. The van der Waals surface area contributed by atoms with Crippen LogP contribution >= 0.6 is 0 Å². The number of likely N-dealkylation sites (tertiary alicyclic amines) is 1. The minimum absolute atomic E-state index is 0.0644. The van der Waals surface area contributed by atoms with Crippen LogP contribution in [0.4, 0.5) is 5.69 Å². The molecule has 1 amide bonds. The van der Waals surface area contributed by atoms with Gasteiger partial charge in [0.1, 0.15) is 0 Å². The number of nitrogens with two attached hydrogens (primary N) is 1. The molecule has 2 rings (SSSR count). The molecule has 1 fully saturated rings. The van der Waals surface area contributed by atoms with Gasteiger partial charge in [-0.3, -0.25) is 4.79 Å². The Morgan fingerprint density at radius 3 is 2.81 bits per heavy atom. The number of rotatable bonds is 2. The minimum Gasteiger partial charge on any atom is -0.399 e. The Morgan fingerprint density at radius 2 is 2.25 bits per heavy atom. The highest BCUT2D eigenvalue weighted by atomic mass is 16.3. The fourth-order valence-corrected chi connectivity index (χ4v) is 1.89. The quantitative estimate of drug-likeness (QED) is 0.727. The van der Waals surface area contributed by atoms with Gasteiger partial charge in [-0.15, -0.1) is 0 Å². The number of carbonyl (C=O) groups is 1. The summed E-state index contributed by atoms with van der Waals surface area (Å²) in [4.78, 5) is 13.6. The van der Waals surface area contributed by atoms with E-state index >= 15 is 0 Å². The molecule has 86 valence electrons. The Hall–Kier alpha value is -1.55. The van der Waals surface area contributed by atoms with Crippen molar-refractivity contribution in [1.82, 2.24) is 4.90 Å². The Balaban J connectivity index is 2.06. The predicted molar refractivity (Wildman–Crippen MR) is 62.0 cm³/mol. The van der Waals surface area contributed by atoms with Crippen LogP contribution in [0.5, 0.6) is 0 Å². The van der Waals surface area contributed by atoms with Crippen molar-refractivity contribution in [3.63, 3.8) is 0 Å².